The number of hydrogen-bond acceptors (Lipinski definition) is 5. The molecule has 0 aromatic heterocycles. The largest absolute Gasteiger partial charge is 0.412 e. The van der Waals surface area contributed by atoms with Crippen LogP contribution < -0.4 is 26.4 Å². The van der Waals surface area contributed by atoms with Gasteiger partial charge in [-0.15, -0.1) is 0 Å². The standard InChI is InChI=1S/C30H33FN4O4/c1-29(2,32)30(3,23-15-11-19-17-20(31)12-16-24(19)35-26(23)36)27(37)34-21-13-9-18(10-14-21)22-7-5-6-8-25(22)39-28(38)33-4/h5-10,12-14,16-17,23H,11,15,32H2,1-4H3,(H,33,38)(H,34,37)(H,35,36)/t23-,30?/m0/s1. The second-order valence-corrected chi connectivity index (χ2v) is 10.5. The maximum absolute atomic E-state index is 13.8. The van der Waals surface area contributed by atoms with Crippen LogP contribution >= 0.6 is 0 Å². The molecular formula is C30H33FN4O4. The molecule has 0 aliphatic carbocycles. The molecular weight excluding hydrogens is 499 g/mol. The van der Waals surface area contributed by atoms with E-state index in [1.165, 1.54) is 25.2 Å². The minimum Gasteiger partial charge on any atom is -0.410 e. The summed E-state index contributed by atoms with van der Waals surface area (Å²) in [7, 11) is 1.48. The average Bonchev–Trinajstić information content (AvgIpc) is 3.06. The lowest BCUT2D eigenvalue weighted by atomic mass is 9.62. The van der Waals surface area contributed by atoms with Gasteiger partial charge in [0.05, 0.1) is 11.3 Å². The quantitative estimate of drug-likeness (QED) is 0.352. The van der Waals surface area contributed by atoms with Crippen LogP contribution in [0.4, 0.5) is 20.6 Å². The van der Waals surface area contributed by atoms with E-state index in [0.717, 1.165) is 5.56 Å². The smallest absolute Gasteiger partial charge is 0.410 e. The number of halogens is 1. The third kappa shape index (κ3) is 5.63. The number of benzene rings is 3. The number of nitrogens with one attached hydrogen (secondary N) is 3. The van der Waals surface area contributed by atoms with E-state index in [9.17, 15) is 18.8 Å². The molecule has 2 atom stereocenters. The SMILES string of the molecule is CNC(=O)Oc1ccccc1-c1ccc(NC(=O)C(C)([C@H]2CCc3cc(F)ccc3NC2=O)C(C)(C)N)cc1. The second-order valence-electron chi connectivity index (χ2n) is 10.5. The van der Waals surface area contributed by atoms with Gasteiger partial charge in [-0.2, -0.15) is 0 Å². The van der Waals surface area contributed by atoms with Crippen molar-refractivity contribution in [2.45, 2.75) is 39.2 Å². The first kappa shape index (κ1) is 27.8. The van der Waals surface area contributed by atoms with E-state index in [0.29, 0.717) is 41.1 Å². The zero-order valence-corrected chi connectivity index (χ0v) is 22.4. The molecule has 5 N–H and O–H groups in total. The van der Waals surface area contributed by atoms with Gasteiger partial charge in [0, 0.05) is 29.5 Å². The number of nitrogens with two attached hydrogens (primary N) is 1. The Hall–Kier alpha value is -4.24. The van der Waals surface area contributed by atoms with Crippen molar-refractivity contribution in [3.8, 4) is 16.9 Å². The van der Waals surface area contributed by atoms with Crippen LogP contribution in [-0.2, 0) is 16.0 Å². The Morgan fingerprint density at radius 3 is 2.41 bits per heavy atom. The van der Waals surface area contributed by atoms with E-state index >= 15 is 0 Å². The molecule has 0 spiro atoms. The molecule has 0 bridgehead atoms. The maximum atomic E-state index is 13.8. The van der Waals surface area contributed by atoms with Crippen molar-refractivity contribution < 1.29 is 23.5 Å². The Morgan fingerprint density at radius 2 is 1.74 bits per heavy atom. The van der Waals surface area contributed by atoms with Gasteiger partial charge in [-0.3, -0.25) is 9.59 Å². The number of anilines is 2. The number of fused-ring (bicyclic) bond motifs is 1. The Labute approximate surface area is 227 Å². The molecule has 0 saturated heterocycles. The van der Waals surface area contributed by atoms with Crippen LogP contribution in [0.5, 0.6) is 5.75 Å². The topological polar surface area (TPSA) is 123 Å². The third-order valence-electron chi connectivity index (χ3n) is 7.60. The number of hydrogen-bond donors (Lipinski definition) is 4. The summed E-state index contributed by atoms with van der Waals surface area (Å²) < 4.78 is 19.2. The predicted molar refractivity (Wildman–Crippen MR) is 149 cm³/mol. The van der Waals surface area contributed by atoms with Crippen LogP contribution in [0.25, 0.3) is 11.1 Å². The van der Waals surface area contributed by atoms with Gasteiger partial charge >= 0.3 is 6.09 Å². The monoisotopic (exact) mass is 532 g/mol. The number of aryl methyl sites for hydroxylation is 1. The average molecular weight is 533 g/mol. The zero-order chi connectivity index (χ0) is 28.4. The third-order valence-corrected chi connectivity index (χ3v) is 7.60. The fourth-order valence-corrected chi connectivity index (χ4v) is 4.93. The molecule has 39 heavy (non-hydrogen) atoms. The summed E-state index contributed by atoms with van der Waals surface area (Å²) in [5, 5.41) is 8.23. The summed E-state index contributed by atoms with van der Waals surface area (Å²) >= 11 is 0. The number of ether oxygens (including phenoxy) is 1. The molecule has 3 aromatic rings. The van der Waals surface area contributed by atoms with E-state index in [1.807, 2.05) is 12.1 Å². The summed E-state index contributed by atoms with van der Waals surface area (Å²) in [4.78, 5) is 38.9. The van der Waals surface area contributed by atoms with Crippen LogP contribution in [0.2, 0.25) is 0 Å². The fraction of sp³-hybridized carbons (Fsp3) is 0.300. The number of rotatable bonds is 6. The van der Waals surface area contributed by atoms with Gasteiger partial charge in [-0.05, 0) is 81.1 Å². The first-order chi connectivity index (χ1) is 18.4. The van der Waals surface area contributed by atoms with E-state index in [2.05, 4.69) is 16.0 Å². The normalized spacial score (nSPS) is 16.7. The number of amides is 3. The Kier molecular flexibility index (Phi) is 7.74. The van der Waals surface area contributed by atoms with Gasteiger partial charge in [-0.25, -0.2) is 9.18 Å². The highest BCUT2D eigenvalue weighted by Crippen LogP contribution is 2.43. The Balaban J connectivity index is 1.58. The lowest BCUT2D eigenvalue weighted by molar-refractivity contribution is -0.139. The molecule has 204 valence electrons. The van der Waals surface area contributed by atoms with Crippen molar-refractivity contribution in [3.63, 3.8) is 0 Å². The first-order valence-corrected chi connectivity index (χ1v) is 12.7. The molecule has 0 radical (unpaired) electrons. The highest BCUT2D eigenvalue weighted by Gasteiger charge is 2.53. The molecule has 0 fully saturated rings. The van der Waals surface area contributed by atoms with Crippen LogP contribution in [0, 0.1) is 17.2 Å². The Morgan fingerprint density at radius 1 is 1.05 bits per heavy atom. The van der Waals surface area contributed by atoms with Gasteiger partial charge in [0.25, 0.3) is 0 Å². The van der Waals surface area contributed by atoms with Crippen LogP contribution in [-0.4, -0.2) is 30.5 Å². The maximum Gasteiger partial charge on any atom is 0.412 e. The van der Waals surface area contributed by atoms with E-state index in [4.69, 9.17) is 10.5 Å². The molecule has 3 aromatic carbocycles. The summed E-state index contributed by atoms with van der Waals surface area (Å²) in [6.07, 6.45) is 0.168. The van der Waals surface area contributed by atoms with Crippen molar-refractivity contribution in [1.29, 1.82) is 0 Å². The minimum atomic E-state index is -1.30. The van der Waals surface area contributed by atoms with Gasteiger partial charge in [-0.1, -0.05) is 30.3 Å². The lowest BCUT2D eigenvalue weighted by Gasteiger charge is -2.44. The zero-order valence-electron chi connectivity index (χ0n) is 22.4. The Bertz CT molecular complexity index is 1400. The molecule has 1 aliphatic heterocycles. The van der Waals surface area contributed by atoms with Crippen LogP contribution in [0.1, 0.15) is 32.8 Å². The van der Waals surface area contributed by atoms with Gasteiger partial charge in [0.15, 0.2) is 0 Å². The van der Waals surface area contributed by atoms with E-state index in [1.54, 1.807) is 57.2 Å². The van der Waals surface area contributed by atoms with Crippen molar-refractivity contribution >= 4 is 29.3 Å². The summed E-state index contributed by atoms with van der Waals surface area (Å²) in [6.45, 7) is 5.15. The second kappa shape index (κ2) is 10.9. The van der Waals surface area contributed by atoms with Crippen molar-refractivity contribution in [1.82, 2.24) is 5.32 Å². The van der Waals surface area contributed by atoms with Crippen molar-refractivity contribution in [2.75, 3.05) is 17.7 Å². The summed E-state index contributed by atoms with van der Waals surface area (Å²) in [5.41, 5.74) is 7.41. The van der Waals surface area contributed by atoms with Gasteiger partial charge in [0.2, 0.25) is 11.8 Å². The number of para-hydroxylation sites is 1. The molecule has 1 unspecified atom stereocenters. The molecule has 1 heterocycles. The molecule has 3 amide bonds. The molecule has 1 aliphatic rings. The van der Waals surface area contributed by atoms with Crippen LogP contribution in [0.15, 0.2) is 66.7 Å². The number of carbonyl (C=O) groups is 3. The summed E-state index contributed by atoms with van der Waals surface area (Å²) in [6, 6.07) is 18.4. The molecule has 0 saturated carbocycles. The van der Waals surface area contributed by atoms with Gasteiger partial charge < -0.3 is 26.4 Å². The van der Waals surface area contributed by atoms with E-state index < -0.39 is 28.9 Å². The summed E-state index contributed by atoms with van der Waals surface area (Å²) in [5.74, 6) is -1.48. The first-order valence-electron chi connectivity index (χ1n) is 12.7. The van der Waals surface area contributed by atoms with Gasteiger partial charge in [0.1, 0.15) is 11.6 Å². The van der Waals surface area contributed by atoms with Crippen molar-refractivity contribution in [3.05, 3.63) is 78.1 Å². The van der Waals surface area contributed by atoms with Crippen LogP contribution in [0.3, 0.4) is 0 Å². The highest BCUT2D eigenvalue weighted by atomic mass is 19.1. The molecule has 9 heteroatoms. The van der Waals surface area contributed by atoms with Crippen molar-refractivity contribution in [2.24, 2.45) is 17.1 Å². The highest BCUT2D eigenvalue weighted by molar-refractivity contribution is 6.03. The van der Waals surface area contributed by atoms with E-state index in [-0.39, 0.29) is 11.7 Å². The molecule has 8 nitrogen and oxygen atoms in total. The fourth-order valence-electron chi connectivity index (χ4n) is 4.93. The lowest BCUT2D eigenvalue weighted by Crippen LogP contribution is -2.61. The minimum absolute atomic E-state index is 0.327. The number of carbonyl (C=O) groups excluding carboxylic acids is 3. The molecule has 4 rings (SSSR count). The predicted octanol–water partition coefficient (Wildman–Crippen LogP) is 5.09.